The fourth-order valence-corrected chi connectivity index (χ4v) is 5.99. The molecule has 1 saturated heterocycles. The molecule has 1 aliphatic rings. The monoisotopic (exact) mass is 422 g/mol. The van der Waals surface area contributed by atoms with Crippen molar-refractivity contribution in [3.8, 4) is 5.75 Å². The van der Waals surface area contributed by atoms with Crippen LogP contribution in [-0.4, -0.2) is 38.3 Å². The third kappa shape index (κ3) is 4.74. The average molecular weight is 423 g/mol. The van der Waals surface area contributed by atoms with Gasteiger partial charge in [0, 0.05) is 25.2 Å². The van der Waals surface area contributed by atoms with Crippen molar-refractivity contribution in [1.29, 1.82) is 0 Å². The minimum absolute atomic E-state index is 0.224. The molecule has 28 heavy (non-hydrogen) atoms. The highest BCUT2D eigenvalue weighted by Crippen LogP contribution is 2.28. The molecule has 0 saturated carbocycles. The highest BCUT2D eigenvalue weighted by atomic mass is 32.2. The largest absolute Gasteiger partial charge is 0.494 e. The van der Waals surface area contributed by atoms with Crippen LogP contribution < -0.4 is 10.1 Å². The van der Waals surface area contributed by atoms with Crippen LogP contribution in [0, 0.1) is 5.92 Å². The van der Waals surface area contributed by atoms with Gasteiger partial charge in [-0.05, 0) is 43.9 Å². The topological polar surface area (TPSA) is 75.7 Å². The summed E-state index contributed by atoms with van der Waals surface area (Å²) >= 11 is 1.02. The fraction of sp³-hybridized carbons (Fsp3) is 0.450. The van der Waals surface area contributed by atoms with E-state index in [-0.39, 0.29) is 10.1 Å². The van der Waals surface area contributed by atoms with Crippen LogP contribution in [-0.2, 0) is 16.6 Å². The minimum atomic E-state index is -3.53. The Balaban J connectivity index is 1.66. The number of amides is 1. The van der Waals surface area contributed by atoms with Gasteiger partial charge in [-0.2, -0.15) is 4.31 Å². The van der Waals surface area contributed by atoms with Gasteiger partial charge in [-0.1, -0.05) is 25.1 Å². The van der Waals surface area contributed by atoms with E-state index >= 15 is 0 Å². The lowest BCUT2D eigenvalue weighted by atomic mass is 10.0. The van der Waals surface area contributed by atoms with E-state index in [9.17, 15) is 13.2 Å². The predicted molar refractivity (Wildman–Crippen MR) is 110 cm³/mol. The van der Waals surface area contributed by atoms with E-state index < -0.39 is 10.0 Å². The number of thiophene rings is 1. The first-order valence-corrected chi connectivity index (χ1v) is 11.8. The van der Waals surface area contributed by atoms with Gasteiger partial charge in [0.1, 0.15) is 9.96 Å². The second-order valence-corrected chi connectivity index (χ2v) is 10.2. The normalized spacial score (nSPS) is 16.1. The number of hydrogen-bond acceptors (Lipinski definition) is 5. The molecule has 2 heterocycles. The molecule has 0 bridgehead atoms. The highest BCUT2D eigenvalue weighted by Gasteiger charge is 2.29. The number of nitrogens with zero attached hydrogens (tertiary/aromatic N) is 1. The zero-order chi connectivity index (χ0) is 20.1. The number of para-hydroxylation sites is 1. The molecular weight excluding hydrogens is 396 g/mol. The summed E-state index contributed by atoms with van der Waals surface area (Å²) in [4.78, 5) is 12.9. The van der Waals surface area contributed by atoms with Gasteiger partial charge in [0.05, 0.1) is 11.5 Å². The summed E-state index contributed by atoms with van der Waals surface area (Å²) in [5.41, 5.74) is 0.879. The maximum atomic E-state index is 12.8. The molecule has 0 spiro atoms. The Morgan fingerprint density at radius 1 is 1.21 bits per heavy atom. The number of piperidine rings is 1. The molecule has 1 aromatic carbocycles. The molecule has 0 aliphatic carbocycles. The lowest BCUT2D eigenvalue weighted by molar-refractivity contribution is 0.0954. The van der Waals surface area contributed by atoms with Gasteiger partial charge in [0.2, 0.25) is 0 Å². The standard InChI is InChI=1S/C20H26N2O4S2/c1-3-26-17-7-5-4-6-16(17)14-21-20(23)18-8-9-19(27-18)28(24,25)22-12-10-15(2)11-13-22/h4-9,15H,3,10-14H2,1-2H3,(H,21,23). The molecule has 0 radical (unpaired) electrons. The number of rotatable bonds is 7. The number of carbonyl (C=O) groups is 1. The average Bonchev–Trinajstić information content (AvgIpc) is 3.19. The molecule has 0 atom stereocenters. The summed E-state index contributed by atoms with van der Waals surface area (Å²) < 4.78 is 32.9. The van der Waals surface area contributed by atoms with Crippen molar-refractivity contribution in [2.75, 3.05) is 19.7 Å². The zero-order valence-electron chi connectivity index (χ0n) is 16.2. The molecule has 152 valence electrons. The second kappa shape index (κ2) is 9.07. The van der Waals surface area contributed by atoms with E-state index in [0.29, 0.717) is 37.0 Å². The fourth-order valence-electron chi connectivity index (χ4n) is 3.14. The first-order valence-electron chi connectivity index (χ1n) is 9.50. The molecule has 1 amide bonds. The van der Waals surface area contributed by atoms with Crippen LogP contribution >= 0.6 is 11.3 Å². The third-order valence-corrected chi connectivity index (χ3v) is 8.30. The molecule has 1 fully saturated rings. The van der Waals surface area contributed by atoms with E-state index in [2.05, 4.69) is 12.2 Å². The quantitative estimate of drug-likeness (QED) is 0.741. The van der Waals surface area contributed by atoms with Crippen LogP contribution in [0.4, 0.5) is 0 Å². The Morgan fingerprint density at radius 2 is 1.93 bits per heavy atom. The second-order valence-electron chi connectivity index (χ2n) is 6.93. The molecule has 1 aromatic heterocycles. The number of nitrogens with one attached hydrogen (secondary N) is 1. The maximum absolute atomic E-state index is 12.8. The van der Waals surface area contributed by atoms with Crippen molar-refractivity contribution in [3.63, 3.8) is 0 Å². The van der Waals surface area contributed by atoms with Crippen LogP contribution in [0.15, 0.2) is 40.6 Å². The Labute approximate surface area is 170 Å². The summed E-state index contributed by atoms with van der Waals surface area (Å²) in [6.45, 7) is 5.99. The molecule has 1 N–H and O–H groups in total. The van der Waals surface area contributed by atoms with Crippen molar-refractivity contribution in [2.45, 2.75) is 37.4 Å². The molecule has 3 rings (SSSR count). The summed E-state index contributed by atoms with van der Waals surface area (Å²) in [7, 11) is -3.53. The number of hydrogen-bond donors (Lipinski definition) is 1. The first kappa shape index (κ1) is 20.8. The predicted octanol–water partition coefficient (Wildman–Crippen LogP) is 3.50. The Morgan fingerprint density at radius 3 is 2.64 bits per heavy atom. The molecule has 0 unspecified atom stereocenters. The molecule has 6 nitrogen and oxygen atoms in total. The third-order valence-electron chi connectivity index (χ3n) is 4.85. The Kier molecular flexibility index (Phi) is 6.74. The van der Waals surface area contributed by atoms with Gasteiger partial charge in [-0.15, -0.1) is 11.3 Å². The van der Waals surface area contributed by atoms with E-state index in [0.717, 1.165) is 35.5 Å². The maximum Gasteiger partial charge on any atom is 0.261 e. The van der Waals surface area contributed by atoms with E-state index in [1.54, 1.807) is 6.07 Å². The zero-order valence-corrected chi connectivity index (χ0v) is 17.8. The van der Waals surface area contributed by atoms with E-state index in [1.165, 1.54) is 10.4 Å². The Bertz CT molecular complexity index is 916. The van der Waals surface area contributed by atoms with Crippen LogP contribution in [0.1, 0.15) is 41.9 Å². The number of carbonyl (C=O) groups excluding carboxylic acids is 1. The highest BCUT2D eigenvalue weighted by molar-refractivity contribution is 7.91. The van der Waals surface area contributed by atoms with Gasteiger partial charge in [-0.25, -0.2) is 8.42 Å². The van der Waals surface area contributed by atoms with Crippen molar-refractivity contribution >= 4 is 27.3 Å². The van der Waals surface area contributed by atoms with Gasteiger partial charge in [-0.3, -0.25) is 4.79 Å². The van der Waals surface area contributed by atoms with Gasteiger partial charge >= 0.3 is 0 Å². The summed E-state index contributed by atoms with van der Waals surface area (Å²) in [6, 6.07) is 10.6. The smallest absolute Gasteiger partial charge is 0.261 e. The van der Waals surface area contributed by atoms with Crippen LogP contribution in [0.3, 0.4) is 0 Å². The molecule has 2 aromatic rings. The van der Waals surface area contributed by atoms with Crippen LogP contribution in [0.25, 0.3) is 0 Å². The summed E-state index contributed by atoms with van der Waals surface area (Å²) in [5.74, 6) is 1.000. The van der Waals surface area contributed by atoms with Crippen molar-refractivity contribution < 1.29 is 17.9 Å². The van der Waals surface area contributed by atoms with E-state index in [4.69, 9.17) is 4.74 Å². The molecular formula is C20H26N2O4S2. The Hall–Kier alpha value is -1.90. The summed E-state index contributed by atoms with van der Waals surface area (Å²) in [6.07, 6.45) is 1.74. The van der Waals surface area contributed by atoms with Gasteiger partial charge in [0.25, 0.3) is 15.9 Å². The van der Waals surface area contributed by atoms with Crippen LogP contribution in [0.5, 0.6) is 5.75 Å². The molecule has 8 heteroatoms. The van der Waals surface area contributed by atoms with Crippen molar-refractivity contribution in [2.24, 2.45) is 5.92 Å². The SMILES string of the molecule is CCOc1ccccc1CNC(=O)c1ccc(S(=O)(=O)N2CCC(C)CC2)s1. The van der Waals surface area contributed by atoms with Crippen molar-refractivity contribution in [1.82, 2.24) is 9.62 Å². The number of sulfonamides is 1. The summed E-state index contributed by atoms with van der Waals surface area (Å²) in [5, 5.41) is 2.85. The van der Waals surface area contributed by atoms with Gasteiger partial charge in [0.15, 0.2) is 0 Å². The molecule has 1 aliphatic heterocycles. The lowest BCUT2D eigenvalue weighted by Gasteiger charge is -2.28. The van der Waals surface area contributed by atoms with Gasteiger partial charge < -0.3 is 10.1 Å². The number of ether oxygens (including phenoxy) is 1. The van der Waals surface area contributed by atoms with Crippen molar-refractivity contribution in [3.05, 3.63) is 46.8 Å². The first-order chi connectivity index (χ1) is 13.4. The lowest BCUT2D eigenvalue weighted by Crippen LogP contribution is -2.37. The van der Waals surface area contributed by atoms with E-state index in [1.807, 2.05) is 31.2 Å². The van der Waals surface area contributed by atoms with Crippen LogP contribution in [0.2, 0.25) is 0 Å². The minimum Gasteiger partial charge on any atom is -0.494 e. The number of benzene rings is 1.